The van der Waals surface area contributed by atoms with Gasteiger partial charge in [0.2, 0.25) is 5.91 Å². The second kappa shape index (κ2) is 6.57. The van der Waals surface area contributed by atoms with Crippen LogP contribution in [0, 0.1) is 17.5 Å². The SMILES string of the molecule is CC(Sc1ncccn1)C(=O)Nc1ccc(F)c(F)c1F. The topological polar surface area (TPSA) is 54.9 Å². The highest BCUT2D eigenvalue weighted by Crippen LogP contribution is 2.23. The first-order chi connectivity index (χ1) is 9.99. The van der Waals surface area contributed by atoms with Crippen molar-refractivity contribution in [2.45, 2.75) is 17.3 Å². The van der Waals surface area contributed by atoms with Crippen LogP contribution in [0.2, 0.25) is 0 Å². The number of nitrogens with zero attached hydrogens (tertiary/aromatic N) is 2. The maximum atomic E-state index is 13.5. The number of hydrogen-bond acceptors (Lipinski definition) is 4. The van der Waals surface area contributed by atoms with Crippen LogP contribution in [-0.4, -0.2) is 21.1 Å². The molecule has 1 atom stereocenters. The third kappa shape index (κ3) is 3.72. The Morgan fingerprint density at radius 2 is 1.86 bits per heavy atom. The number of benzene rings is 1. The molecule has 0 aliphatic heterocycles. The minimum atomic E-state index is -1.63. The van der Waals surface area contributed by atoms with Gasteiger partial charge in [-0.3, -0.25) is 4.79 Å². The van der Waals surface area contributed by atoms with Gasteiger partial charge in [0.15, 0.2) is 22.6 Å². The minimum Gasteiger partial charge on any atom is -0.323 e. The van der Waals surface area contributed by atoms with Crippen molar-refractivity contribution >= 4 is 23.4 Å². The average molecular weight is 313 g/mol. The van der Waals surface area contributed by atoms with Gasteiger partial charge in [-0.05, 0) is 25.1 Å². The molecule has 110 valence electrons. The van der Waals surface area contributed by atoms with Gasteiger partial charge >= 0.3 is 0 Å². The van der Waals surface area contributed by atoms with Crippen LogP contribution in [0.3, 0.4) is 0 Å². The van der Waals surface area contributed by atoms with Gasteiger partial charge in [0, 0.05) is 12.4 Å². The first-order valence-corrected chi connectivity index (χ1v) is 6.75. The van der Waals surface area contributed by atoms with Crippen molar-refractivity contribution in [3.8, 4) is 0 Å². The van der Waals surface area contributed by atoms with E-state index in [9.17, 15) is 18.0 Å². The van der Waals surface area contributed by atoms with Crippen molar-refractivity contribution in [3.05, 3.63) is 48.0 Å². The molecule has 2 rings (SSSR count). The van der Waals surface area contributed by atoms with Gasteiger partial charge in [0.05, 0.1) is 10.9 Å². The number of aromatic nitrogens is 2. The van der Waals surface area contributed by atoms with Crippen molar-refractivity contribution in [2.24, 2.45) is 0 Å². The molecule has 4 nitrogen and oxygen atoms in total. The van der Waals surface area contributed by atoms with E-state index in [0.717, 1.165) is 23.9 Å². The van der Waals surface area contributed by atoms with Gasteiger partial charge in [-0.2, -0.15) is 0 Å². The summed E-state index contributed by atoms with van der Waals surface area (Å²) in [6.07, 6.45) is 3.05. The van der Waals surface area contributed by atoms with Crippen LogP contribution in [0.15, 0.2) is 35.7 Å². The molecule has 21 heavy (non-hydrogen) atoms. The van der Waals surface area contributed by atoms with Crippen LogP contribution in [0.5, 0.6) is 0 Å². The monoisotopic (exact) mass is 313 g/mol. The molecule has 2 aromatic rings. The molecule has 0 radical (unpaired) electrons. The highest BCUT2D eigenvalue weighted by molar-refractivity contribution is 8.00. The zero-order chi connectivity index (χ0) is 15.4. The third-order valence-corrected chi connectivity index (χ3v) is 3.48. The Balaban J connectivity index is 2.06. The molecule has 0 saturated carbocycles. The summed E-state index contributed by atoms with van der Waals surface area (Å²) in [6, 6.07) is 3.33. The van der Waals surface area contributed by atoms with Crippen molar-refractivity contribution in [2.75, 3.05) is 5.32 Å². The molecular formula is C13H10F3N3OS. The van der Waals surface area contributed by atoms with E-state index in [1.807, 2.05) is 0 Å². The summed E-state index contributed by atoms with van der Waals surface area (Å²) >= 11 is 1.06. The van der Waals surface area contributed by atoms with Crippen molar-refractivity contribution in [3.63, 3.8) is 0 Å². The maximum absolute atomic E-state index is 13.5. The van der Waals surface area contributed by atoms with Gasteiger partial charge in [0.25, 0.3) is 0 Å². The molecule has 1 amide bonds. The summed E-state index contributed by atoms with van der Waals surface area (Å²) in [5.41, 5.74) is -0.416. The highest BCUT2D eigenvalue weighted by Gasteiger charge is 2.19. The van der Waals surface area contributed by atoms with Crippen LogP contribution >= 0.6 is 11.8 Å². The van der Waals surface area contributed by atoms with Crippen molar-refractivity contribution in [1.29, 1.82) is 0 Å². The lowest BCUT2D eigenvalue weighted by atomic mass is 10.2. The molecule has 0 saturated heterocycles. The minimum absolute atomic E-state index is 0.380. The lowest BCUT2D eigenvalue weighted by Crippen LogP contribution is -2.23. The van der Waals surface area contributed by atoms with Crippen LogP contribution in [0.4, 0.5) is 18.9 Å². The largest absolute Gasteiger partial charge is 0.323 e. The van der Waals surface area contributed by atoms with Crippen molar-refractivity contribution < 1.29 is 18.0 Å². The molecule has 1 aromatic carbocycles. The summed E-state index contributed by atoms with van der Waals surface area (Å²) in [4.78, 5) is 19.8. The smallest absolute Gasteiger partial charge is 0.237 e. The fraction of sp³-hybridized carbons (Fsp3) is 0.154. The predicted molar refractivity (Wildman–Crippen MR) is 72.3 cm³/mol. The van der Waals surface area contributed by atoms with E-state index in [0.29, 0.717) is 5.16 Å². The molecule has 1 N–H and O–H groups in total. The van der Waals surface area contributed by atoms with Crippen LogP contribution in [-0.2, 0) is 4.79 Å². The zero-order valence-electron chi connectivity index (χ0n) is 10.8. The molecule has 1 aromatic heterocycles. The Bertz CT molecular complexity index is 655. The Morgan fingerprint density at radius 3 is 2.52 bits per heavy atom. The fourth-order valence-corrected chi connectivity index (χ4v) is 2.14. The number of amides is 1. The number of carbonyl (C=O) groups excluding carboxylic acids is 1. The normalized spacial score (nSPS) is 12.0. The van der Waals surface area contributed by atoms with Gasteiger partial charge < -0.3 is 5.32 Å². The number of thioether (sulfide) groups is 1. The molecule has 1 heterocycles. The van der Waals surface area contributed by atoms with E-state index in [-0.39, 0.29) is 0 Å². The van der Waals surface area contributed by atoms with Crippen LogP contribution in [0.1, 0.15) is 6.92 Å². The fourth-order valence-electron chi connectivity index (χ4n) is 1.41. The summed E-state index contributed by atoms with van der Waals surface area (Å²) in [6.45, 7) is 1.56. The Hall–Kier alpha value is -2.09. The summed E-state index contributed by atoms with van der Waals surface area (Å²) in [7, 11) is 0. The number of rotatable bonds is 4. The van der Waals surface area contributed by atoms with Crippen LogP contribution in [0.25, 0.3) is 0 Å². The predicted octanol–water partition coefficient (Wildman–Crippen LogP) is 3.01. The average Bonchev–Trinajstić information content (AvgIpc) is 2.48. The molecule has 0 aliphatic rings. The Labute approximate surface area is 122 Å². The quantitative estimate of drug-likeness (QED) is 0.535. The first-order valence-electron chi connectivity index (χ1n) is 5.87. The molecular weight excluding hydrogens is 303 g/mol. The second-order valence-electron chi connectivity index (χ2n) is 4.00. The lowest BCUT2D eigenvalue weighted by molar-refractivity contribution is -0.115. The number of carbonyl (C=O) groups is 1. The van der Waals surface area contributed by atoms with E-state index in [1.165, 1.54) is 12.4 Å². The first kappa shape index (κ1) is 15.3. The van der Waals surface area contributed by atoms with Gasteiger partial charge in [0.1, 0.15) is 0 Å². The Kier molecular flexibility index (Phi) is 4.79. The van der Waals surface area contributed by atoms with Gasteiger partial charge in [-0.1, -0.05) is 11.8 Å². The highest BCUT2D eigenvalue weighted by atomic mass is 32.2. The molecule has 0 spiro atoms. The number of halogens is 3. The maximum Gasteiger partial charge on any atom is 0.237 e. The van der Waals surface area contributed by atoms with E-state index in [2.05, 4.69) is 15.3 Å². The third-order valence-electron chi connectivity index (χ3n) is 2.49. The van der Waals surface area contributed by atoms with E-state index < -0.39 is 34.3 Å². The molecule has 1 unspecified atom stereocenters. The zero-order valence-corrected chi connectivity index (χ0v) is 11.6. The van der Waals surface area contributed by atoms with E-state index in [4.69, 9.17) is 0 Å². The summed E-state index contributed by atoms with van der Waals surface area (Å²) in [5, 5.41) is 1.94. The molecule has 0 bridgehead atoms. The lowest BCUT2D eigenvalue weighted by Gasteiger charge is -2.11. The molecule has 0 aliphatic carbocycles. The van der Waals surface area contributed by atoms with Crippen LogP contribution < -0.4 is 5.32 Å². The second-order valence-corrected chi connectivity index (χ2v) is 5.31. The van der Waals surface area contributed by atoms with Gasteiger partial charge in [-0.15, -0.1) is 0 Å². The van der Waals surface area contributed by atoms with E-state index >= 15 is 0 Å². The van der Waals surface area contributed by atoms with Gasteiger partial charge in [-0.25, -0.2) is 23.1 Å². The number of anilines is 1. The number of hydrogen-bond donors (Lipinski definition) is 1. The molecule has 8 heteroatoms. The summed E-state index contributed by atoms with van der Waals surface area (Å²) in [5.74, 6) is -4.95. The van der Waals surface area contributed by atoms with E-state index in [1.54, 1.807) is 13.0 Å². The Morgan fingerprint density at radius 1 is 1.19 bits per heavy atom. The standard InChI is InChI=1S/C13H10F3N3OS/c1-7(21-13-17-5-2-6-18-13)12(20)19-9-4-3-8(14)10(15)11(9)16/h2-7H,1H3,(H,19,20). The molecule has 0 fully saturated rings. The summed E-state index contributed by atoms with van der Waals surface area (Å²) < 4.78 is 39.3. The number of nitrogens with one attached hydrogen (secondary N) is 1. The van der Waals surface area contributed by atoms with Crippen molar-refractivity contribution in [1.82, 2.24) is 9.97 Å².